The van der Waals surface area contributed by atoms with E-state index in [1.165, 1.54) is 18.1 Å². The minimum absolute atomic E-state index is 0.206. The topological polar surface area (TPSA) is 109 Å². The van der Waals surface area contributed by atoms with Crippen LogP contribution in [0.5, 0.6) is 0 Å². The van der Waals surface area contributed by atoms with Gasteiger partial charge in [-0.3, -0.25) is 4.90 Å². The molecular weight excluding hydrogens is 431 g/mol. The predicted octanol–water partition coefficient (Wildman–Crippen LogP) is 2.49. The Morgan fingerprint density at radius 3 is 2.67 bits per heavy atom. The number of fused-ring (bicyclic) bond motifs is 1. The lowest BCUT2D eigenvalue weighted by Gasteiger charge is -2.29. The van der Waals surface area contributed by atoms with E-state index in [9.17, 15) is 9.59 Å². The normalized spacial score (nSPS) is 17.5. The Morgan fingerprint density at radius 1 is 1.18 bits per heavy atom. The number of nitrogens with zero attached hydrogens (tertiary/aromatic N) is 4. The van der Waals surface area contributed by atoms with Crippen LogP contribution in [0.15, 0.2) is 18.2 Å². The highest BCUT2D eigenvalue weighted by Crippen LogP contribution is 2.33. The van der Waals surface area contributed by atoms with Crippen molar-refractivity contribution < 1.29 is 23.5 Å². The summed E-state index contributed by atoms with van der Waals surface area (Å²) in [5, 5.41) is 5.45. The number of amides is 3. The van der Waals surface area contributed by atoms with Crippen LogP contribution in [-0.4, -0.2) is 66.4 Å². The number of hydrogen-bond acceptors (Lipinski definition) is 7. The van der Waals surface area contributed by atoms with Crippen molar-refractivity contribution in [1.82, 2.24) is 20.2 Å². The quantitative estimate of drug-likeness (QED) is 0.728. The van der Waals surface area contributed by atoms with Crippen LogP contribution in [-0.2, 0) is 22.6 Å². The van der Waals surface area contributed by atoms with Gasteiger partial charge in [-0.1, -0.05) is 0 Å². The number of benzene rings is 1. The molecule has 0 spiro atoms. The fraction of sp³-hybridized carbons (Fsp3) is 0.455. The zero-order valence-electron chi connectivity index (χ0n) is 18.3. The molecule has 2 aromatic rings. The lowest BCUT2D eigenvalue weighted by Crippen LogP contribution is -2.37. The van der Waals surface area contributed by atoms with Crippen molar-refractivity contribution in [1.29, 1.82) is 0 Å². The van der Waals surface area contributed by atoms with Crippen molar-refractivity contribution >= 4 is 23.6 Å². The van der Waals surface area contributed by atoms with Gasteiger partial charge in [-0.2, -0.15) is 0 Å². The molecule has 33 heavy (non-hydrogen) atoms. The summed E-state index contributed by atoms with van der Waals surface area (Å²) in [6.07, 6.45) is 1.48. The molecule has 1 saturated carbocycles. The molecule has 1 aromatic carbocycles. The van der Waals surface area contributed by atoms with Crippen LogP contribution in [0.3, 0.4) is 0 Å². The number of rotatable bonds is 4. The SMILES string of the molecule is COC(=O)N1Cc2nc(-c3ccc(NC(=O)NC4CC4)cc3F)nc(N3CCOCC3)c2C1. The van der Waals surface area contributed by atoms with E-state index >= 15 is 4.39 Å². The first-order valence-electron chi connectivity index (χ1n) is 10.9. The maximum absolute atomic E-state index is 15.1. The monoisotopic (exact) mass is 456 g/mol. The van der Waals surface area contributed by atoms with Gasteiger partial charge in [0.1, 0.15) is 11.6 Å². The third kappa shape index (κ3) is 4.54. The highest BCUT2D eigenvalue weighted by molar-refractivity contribution is 5.90. The molecule has 0 bridgehead atoms. The Kier molecular flexibility index (Phi) is 5.71. The first-order valence-corrected chi connectivity index (χ1v) is 10.9. The molecule has 2 N–H and O–H groups in total. The van der Waals surface area contributed by atoms with Crippen molar-refractivity contribution in [3.63, 3.8) is 0 Å². The molecule has 0 radical (unpaired) electrons. The van der Waals surface area contributed by atoms with Crippen LogP contribution < -0.4 is 15.5 Å². The van der Waals surface area contributed by atoms with E-state index in [0.717, 1.165) is 18.4 Å². The van der Waals surface area contributed by atoms with E-state index in [0.29, 0.717) is 50.0 Å². The summed E-state index contributed by atoms with van der Waals surface area (Å²) in [6, 6.07) is 4.29. The minimum atomic E-state index is -0.546. The highest BCUT2D eigenvalue weighted by atomic mass is 19.1. The van der Waals surface area contributed by atoms with Gasteiger partial charge in [0.2, 0.25) is 0 Å². The van der Waals surface area contributed by atoms with Gasteiger partial charge in [0, 0.05) is 30.4 Å². The average molecular weight is 456 g/mol. The number of carbonyl (C=O) groups is 2. The number of halogens is 1. The van der Waals surface area contributed by atoms with E-state index in [2.05, 4.69) is 20.5 Å². The Bertz CT molecular complexity index is 1090. The fourth-order valence-corrected chi connectivity index (χ4v) is 4.01. The van der Waals surface area contributed by atoms with E-state index < -0.39 is 11.9 Å². The summed E-state index contributed by atoms with van der Waals surface area (Å²) in [6.45, 7) is 3.00. The smallest absolute Gasteiger partial charge is 0.410 e. The first-order chi connectivity index (χ1) is 16.0. The molecule has 1 saturated heterocycles. The number of aromatic nitrogens is 2. The van der Waals surface area contributed by atoms with Crippen molar-refractivity contribution in [3.8, 4) is 11.4 Å². The van der Waals surface area contributed by atoms with Gasteiger partial charge in [-0.25, -0.2) is 23.9 Å². The summed E-state index contributed by atoms with van der Waals surface area (Å²) in [5.74, 6) is 0.360. The fourth-order valence-electron chi connectivity index (χ4n) is 4.01. The molecule has 3 aliphatic rings. The molecule has 5 rings (SSSR count). The van der Waals surface area contributed by atoms with Crippen LogP contribution in [0.2, 0.25) is 0 Å². The lowest BCUT2D eigenvalue weighted by atomic mass is 10.1. The van der Waals surface area contributed by atoms with Crippen LogP contribution in [0, 0.1) is 5.82 Å². The predicted molar refractivity (Wildman–Crippen MR) is 117 cm³/mol. The number of morpholine rings is 1. The van der Waals surface area contributed by atoms with Crippen LogP contribution >= 0.6 is 0 Å². The van der Waals surface area contributed by atoms with Gasteiger partial charge in [-0.15, -0.1) is 0 Å². The van der Waals surface area contributed by atoms with Gasteiger partial charge in [0.05, 0.1) is 44.7 Å². The van der Waals surface area contributed by atoms with Gasteiger partial charge in [0.25, 0.3) is 0 Å². The number of hydrogen-bond donors (Lipinski definition) is 2. The molecule has 2 aliphatic heterocycles. The highest BCUT2D eigenvalue weighted by Gasteiger charge is 2.32. The summed E-state index contributed by atoms with van der Waals surface area (Å²) in [4.78, 5) is 37.0. The molecule has 1 aliphatic carbocycles. The molecule has 174 valence electrons. The van der Waals surface area contributed by atoms with Crippen molar-refractivity contribution in [2.45, 2.75) is 32.0 Å². The molecular formula is C22H25FN6O4. The van der Waals surface area contributed by atoms with E-state index in [4.69, 9.17) is 14.5 Å². The largest absolute Gasteiger partial charge is 0.453 e. The standard InChI is InChI=1S/C22H25FN6O4/c1-32-22(31)29-11-16-18(12-29)26-19(27-20(16)28-6-8-33-9-7-28)15-5-4-14(10-17(15)23)25-21(30)24-13-2-3-13/h4-5,10,13H,2-3,6-9,11-12H2,1H3,(H2,24,25,30). The van der Waals surface area contributed by atoms with Gasteiger partial charge >= 0.3 is 12.1 Å². The third-order valence-electron chi connectivity index (χ3n) is 5.88. The molecule has 2 fully saturated rings. The Morgan fingerprint density at radius 2 is 1.97 bits per heavy atom. The zero-order valence-corrected chi connectivity index (χ0v) is 18.3. The number of nitrogens with one attached hydrogen (secondary N) is 2. The number of ether oxygens (including phenoxy) is 2. The number of carbonyl (C=O) groups excluding carboxylic acids is 2. The van der Waals surface area contributed by atoms with Crippen LogP contribution in [0.25, 0.3) is 11.4 Å². The Hall–Kier alpha value is -3.47. The maximum Gasteiger partial charge on any atom is 0.410 e. The summed E-state index contributed by atoms with van der Waals surface area (Å²) < 4.78 is 25.4. The van der Waals surface area contributed by atoms with Crippen LogP contribution in [0.1, 0.15) is 24.1 Å². The zero-order chi connectivity index (χ0) is 22.9. The molecule has 3 amide bonds. The van der Waals surface area contributed by atoms with Crippen molar-refractivity contribution in [2.24, 2.45) is 0 Å². The van der Waals surface area contributed by atoms with Gasteiger partial charge in [0.15, 0.2) is 5.82 Å². The third-order valence-corrected chi connectivity index (χ3v) is 5.88. The summed E-state index contributed by atoms with van der Waals surface area (Å²) in [7, 11) is 1.33. The second kappa shape index (κ2) is 8.81. The van der Waals surface area contributed by atoms with Gasteiger partial charge < -0.3 is 25.0 Å². The molecule has 0 unspecified atom stereocenters. The van der Waals surface area contributed by atoms with Crippen LogP contribution in [0.4, 0.5) is 25.5 Å². The lowest BCUT2D eigenvalue weighted by molar-refractivity contribution is 0.121. The molecule has 1 aromatic heterocycles. The number of methoxy groups -OCH3 is 1. The van der Waals surface area contributed by atoms with E-state index in [1.807, 2.05) is 0 Å². The molecule has 11 heteroatoms. The molecule has 0 atom stereocenters. The summed E-state index contributed by atoms with van der Waals surface area (Å²) in [5.41, 5.74) is 2.07. The van der Waals surface area contributed by atoms with Crippen molar-refractivity contribution in [3.05, 3.63) is 35.3 Å². The molecule has 10 nitrogen and oxygen atoms in total. The Labute approximate surface area is 190 Å². The Balaban J connectivity index is 1.45. The van der Waals surface area contributed by atoms with E-state index in [-0.39, 0.29) is 30.0 Å². The number of anilines is 2. The number of urea groups is 1. The average Bonchev–Trinajstić information content (AvgIpc) is 3.52. The first kappa shape index (κ1) is 21.4. The van der Waals surface area contributed by atoms with Gasteiger partial charge in [-0.05, 0) is 31.0 Å². The second-order valence-corrected chi connectivity index (χ2v) is 8.29. The second-order valence-electron chi connectivity index (χ2n) is 8.29. The minimum Gasteiger partial charge on any atom is -0.453 e. The van der Waals surface area contributed by atoms with E-state index in [1.54, 1.807) is 12.1 Å². The molecule has 3 heterocycles. The summed E-state index contributed by atoms with van der Waals surface area (Å²) >= 11 is 0. The maximum atomic E-state index is 15.1. The van der Waals surface area contributed by atoms with Crippen molar-refractivity contribution in [2.75, 3.05) is 43.6 Å².